The van der Waals surface area contributed by atoms with E-state index in [1.807, 2.05) is 6.26 Å². The van der Waals surface area contributed by atoms with Crippen molar-refractivity contribution in [3.8, 4) is 0 Å². The molecule has 1 aliphatic rings. The Labute approximate surface area is 95.4 Å². The van der Waals surface area contributed by atoms with Gasteiger partial charge in [-0.05, 0) is 6.26 Å². The quantitative estimate of drug-likeness (QED) is 0.615. The molecule has 0 aliphatic carbocycles. The second-order valence-electron chi connectivity index (χ2n) is 3.13. The number of carbonyl (C=O) groups is 2. The summed E-state index contributed by atoms with van der Waals surface area (Å²) in [4.78, 5) is 23.3. The number of anilines is 2. The highest BCUT2D eigenvalue weighted by Crippen LogP contribution is 2.44. The Hall–Kier alpha value is -1.01. The first-order valence-corrected chi connectivity index (χ1v) is 6.43. The topological polar surface area (TPSA) is 58.2 Å². The summed E-state index contributed by atoms with van der Waals surface area (Å²) in [6, 6.07) is 0. The predicted molar refractivity (Wildman–Crippen MR) is 63.2 cm³/mol. The zero-order valence-corrected chi connectivity index (χ0v) is 9.97. The van der Waals surface area contributed by atoms with Gasteiger partial charge in [0, 0.05) is 6.92 Å². The van der Waals surface area contributed by atoms with Crippen LogP contribution >= 0.6 is 23.1 Å². The van der Waals surface area contributed by atoms with E-state index in [0.29, 0.717) is 4.88 Å². The molecule has 15 heavy (non-hydrogen) atoms. The molecule has 0 bridgehead atoms. The highest BCUT2D eigenvalue weighted by atomic mass is 32.2. The average Bonchev–Trinajstić information content (AvgIpc) is 2.55. The molecule has 0 saturated heterocycles. The third-order valence-corrected chi connectivity index (χ3v) is 4.48. The van der Waals surface area contributed by atoms with E-state index >= 15 is 0 Å². The maximum atomic E-state index is 11.4. The Balaban J connectivity index is 2.54. The first-order chi connectivity index (χ1) is 7.13. The van der Waals surface area contributed by atoms with E-state index in [1.54, 1.807) is 0 Å². The second kappa shape index (κ2) is 3.86. The minimum atomic E-state index is -0.0642. The van der Waals surface area contributed by atoms with Crippen LogP contribution < -0.4 is 10.6 Å². The molecule has 1 aliphatic heterocycles. The summed E-state index contributed by atoms with van der Waals surface area (Å²) < 4.78 is 0.968. The zero-order chi connectivity index (χ0) is 11.0. The molecule has 0 radical (unpaired) electrons. The summed E-state index contributed by atoms with van der Waals surface area (Å²) in [5.41, 5.74) is 1.53. The van der Waals surface area contributed by atoms with E-state index in [4.69, 9.17) is 0 Å². The van der Waals surface area contributed by atoms with E-state index in [9.17, 15) is 9.59 Å². The molecule has 0 fully saturated rings. The minimum absolute atomic E-state index is 0.0280. The summed E-state index contributed by atoms with van der Waals surface area (Å²) in [5, 5.41) is 5.77. The Bertz CT molecular complexity index is 440. The van der Waals surface area contributed by atoms with Crippen molar-refractivity contribution in [2.75, 3.05) is 23.4 Å². The molecule has 2 rings (SSSR count). The van der Waals surface area contributed by atoms with Crippen LogP contribution in [0.2, 0.25) is 0 Å². The maximum Gasteiger partial charge on any atom is 0.243 e. The van der Waals surface area contributed by atoms with Gasteiger partial charge in [0.25, 0.3) is 0 Å². The summed E-state index contributed by atoms with van der Waals surface area (Å²) in [6.07, 6.45) is 1.93. The number of hydrogen-bond acceptors (Lipinski definition) is 5. The van der Waals surface area contributed by atoms with E-state index in [0.717, 1.165) is 15.6 Å². The summed E-state index contributed by atoms with van der Waals surface area (Å²) in [7, 11) is 0. The van der Waals surface area contributed by atoms with Crippen LogP contribution in [0.15, 0.2) is 4.21 Å². The minimum Gasteiger partial charge on any atom is -0.373 e. The van der Waals surface area contributed by atoms with Gasteiger partial charge < -0.3 is 10.6 Å². The van der Waals surface area contributed by atoms with Crippen LogP contribution in [0, 0.1) is 0 Å². The maximum absolute atomic E-state index is 11.4. The van der Waals surface area contributed by atoms with Gasteiger partial charge in [-0.1, -0.05) is 0 Å². The van der Waals surface area contributed by atoms with Gasteiger partial charge in [-0.15, -0.1) is 23.1 Å². The van der Waals surface area contributed by atoms with Crippen LogP contribution in [-0.2, 0) is 4.79 Å². The third kappa shape index (κ3) is 1.74. The molecule has 1 amide bonds. The van der Waals surface area contributed by atoms with Gasteiger partial charge in [0.1, 0.15) is 0 Å². The molecular weight excluding hydrogens is 232 g/mol. The lowest BCUT2D eigenvalue weighted by Gasteiger charge is -2.16. The van der Waals surface area contributed by atoms with Gasteiger partial charge >= 0.3 is 0 Å². The van der Waals surface area contributed by atoms with Crippen LogP contribution in [0.1, 0.15) is 16.6 Å². The number of carbonyl (C=O) groups excluding carboxylic acids is 2. The highest BCUT2D eigenvalue weighted by molar-refractivity contribution is 8.00. The molecule has 4 nitrogen and oxygen atoms in total. The van der Waals surface area contributed by atoms with E-state index in [-0.39, 0.29) is 18.2 Å². The Kier molecular flexibility index (Phi) is 2.70. The van der Waals surface area contributed by atoms with Crippen molar-refractivity contribution >= 4 is 46.2 Å². The Morgan fingerprint density at radius 3 is 2.80 bits per heavy atom. The first-order valence-electron chi connectivity index (χ1n) is 4.39. The van der Waals surface area contributed by atoms with Crippen molar-refractivity contribution in [2.24, 2.45) is 0 Å². The second-order valence-corrected chi connectivity index (χ2v) is 5.23. The number of ketones is 1. The standard InChI is InChI=1S/C9H10N2O2S2/c1-4(12)8-6-7(9(14-2)15-8)11-5(13)3-10-6/h10H,3H2,1-2H3,(H,11,13). The van der Waals surface area contributed by atoms with Crippen molar-refractivity contribution < 1.29 is 9.59 Å². The first kappa shape index (κ1) is 10.5. The van der Waals surface area contributed by atoms with Gasteiger partial charge in [0.2, 0.25) is 5.91 Å². The highest BCUT2D eigenvalue weighted by Gasteiger charge is 2.25. The number of fused-ring (bicyclic) bond motifs is 1. The fourth-order valence-corrected chi connectivity index (χ4v) is 3.24. The van der Waals surface area contributed by atoms with Gasteiger partial charge in [0.05, 0.1) is 27.0 Å². The molecule has 6 heteroatoms. The lowest BCUT2D eigenvalue weighted by Crippen LogP contribution is -2.27. The van der Waals surface area contributed by atoms with Crippen molar-refractivity contribution in [1.82, 2.24) is 0 Å². The normalized spacial score (nSPS) is 14.1. The van der Waals surface area contributed by atoms with Crippen LogP contribution in [-0.4, -0.2) is 24.5 Å². The molecule has 2 N–H and O–H groups in total. The monoisotopic (exact) mass is 242 g/mol. The number of hydrogen-bond donors (Lipinski definition) is 2. The number of thiophene rings is 1. The number of amides is 1. The van der Waals surface area contributed by atoms with E-state index < -0.39 is 0 Å². The smallest absolute Gasteiger partial charge is 0.243 e. The van der Waals surface area contributed by atoms with E-state index in [1.165, 1.54) is 30.0 Å². The largest absolute Gasteiger partial charge is 0.373 e. The van der Waals surface area contributed by atoms with Crippen molar-refractivity contribution in [3.63, 3.8) is 0 Å². The fourth-order valence-electron chi connectivity index (χ4n) is 1.44. The van der Waals surface area contributed by atoms with Crippen LogP contribution in [0.4, 0.5) is 11.4 Å². The molecule has 80 valence electrons. The SMILES string of the molecule is CSc1sc(C(C)=O)c2c1NC(=O)CN2. The zero-order valence-electron chi connectivity index (χ0n) is 8.34. The molecule has 0 unspecified atom stereocenters. The van der Waals surface area contributed by atoms with Gasteiger partial charge in [-0.2, -0.15) is 0 Å². The molecule has 1 aromatic rings. The summed E-state index contributed by atoms with van der Waals surface area (Å²) in [6.45, 7) is 1.77. The van der Waals surface area contributed by atoms with Gasteiger partial charge in [-0.3, -0.25) is 9.59 Å². The number of Topliss-reactive ketones (excluding diaryl/α,β-unsaturated/α-hetero) is 1. The number of thioether (sulfide) groups is 1. The number of nitrogens with one attached hydrogen (secondary N) is 2. The Morgan fingerprint density at radius 1 is 1.47 bits per heavy atom. The van der Waals surface area contributed by atoms with Gasteiger partial charge in [0.15, 0.2) is 5.78 Å². The van der Waals surface area contributed by atoms with Crippen molar-refractivity contribution in [2.45, 2.75) is 11.1 Å². The molecular formula is C9H10N2O2S2. The summed E-state index contributed by atoms with van der Waals surface area (Å²) in [5.74, 6) is -0.0362. The lowest BCUT2D eigenvalue weighted by atomic mass is 10.2. The predicted octanol–water partition coefficient (Wildman–Crippen LogP) is 2.04. The van der Waals surface area contributed by atoms with Crippen LogP contribution in [0.25, 0.3) is 0 Å². The van der Waals surface area contributed by atoms with Crippen molar-refractivity contribution in [3.05, 3.63) is 4.88 Å². The number of rotatable bonds is 2. The molecule has 1 aromatic heterocycles. The lowest BCUT2D eigenvalue weighted by molar-refractivity contribution is -0.114. The molecule has 2 heterocycles. The van der Waals surface area contributed by atoms with Crippen LogP contribution in [0.5, 0.6) is 0 Å². The molecule has 0 spiro atoms. The molecule has 0 atom stereocenters. The fraction of sp³-hybridized carbons (Fsp3) is 0.333. The Morgan fingerprint density at radius 2 is 2.20 bits per heavy atom. The van der Waals surface area contributed by atoms with Crippen LogP contribution in [0.3, 0.4) is 0 Å². The van der Waals surface area contributed by atoms with Crippen molar-refractivity contribution in [1.29, 1.82) is 0 Å². The summed E-state index contributed by atoms with van der Waals surface area (Å²) >= 11 is 2.96. The molecule has 0 saturated carbocycles. The third-order valence-electron chi connectivity index (χ3n) is 2.07. The average molecular weight is 242 g/mol. The van der Waals surface area contributed by atoms with Gasteiger partial charge in [-0.25, -0.2) is 0 Å². The van der Waals surface area contributed by atoms with E-state index in [2.05, 4.69) is 10.6 Å². The molecule has 0 aromatic carbocycles.